The van der Waals surface area contributed by atoms with Crippen LogP contribution < -0.4 is 5.32 Å². The maximum atomic E-state index is 12.6. The SMILES string of the molecule is CC(=O)c1ccc(NC(=O)Cc2c(C)nc3nc(-c4ccccc4)nn3c2C)cc1. The van der Waals surface area contributed by atoms with Crippen molar-refractivity contribution >= 4 is 23.2 Å². The van der Waals surface area contributed by atoms with Gasteiger partial charge in [0.05, 0.1) is 6.42 Å². The van der Waals surface area contributed by atoms with E-state index in [9.17, 15) is 9.59 Å². The fourth-order valence-corrected chi connectivity index (χ4v) is 3.33. The second kappa shape index (κ2) is 7.87. The molecule has 0 unspecified atom stereocenters. The number of nitrogens with zero attached hydrogens (tertiary/aromatic N) is 4. The molecule has 0 aliphatic rings. The van der Waals surface area contributed by atoms with Crippen LogP contribution in [0.3, 0.4) is 0 Å². The molecule has 1 amide bonds. The number of nitrogens with one attached hydrogen (secondary N) is 1. The molecule has 1 N–H and O–H groups in total. The number of hydrogen-bond acceptors (Lipinski definition) is 5. The molecular formula is C23H21N5O2. The van der Waals surface area contributed by atoms with E-state index in [0.29, 0.717) is 22.9 Å². The number of benzene rings is 2. The van der Waals surface area contributed by atoms with Crippen LogP contribution in [0.5, 0.6) is 0 Å². The zero-order valence-electron chi connectivity index (χ0n) is 17.0. The van der Waals surface area contributed by atoms with Crippen molar-refractivity contribution in [3.8, 4) is 11.4 Å². The fraction of sp³-hybridized carbons (Fsp3) is 0.174. The largest absolute Gasteiger partial charge is 0.326 e. The fourth-order valence-electron chi connectivity index (χ4n) is 3.33. The Morgan fingerprint density at radius 3 is 2.33 bits per heavy atom. The summed E-state index contributed by atoms with van der Waals surface area (Å²) < 4.78 is 1.68. The maximum absolute atomic E-state index is 12.6. The van der Waals surface area contributed by atoms with Gasteiger partial charge in [0.1, 0.15) is 0 Å². The van der Waals surface area contributed by atoms with E-state index in [2.05, 4.69) is 20.4 Å². The third-order valence-electron chi connectivity index (χ3n) is 4.99. The number of aryl methyl sites for hydroxylation is 2. The number of rotatable bonds is 5. The molecule has 0 spiro atoms. The highest BCUT2D eigenvalue weighted by Crippen LogP contribution is 2.20. The minimum absolute atomic E-state index is 0.0128. The van der Waals surface area contributed by atoms with Crippen molar-refractivity contribution in [2.24, 2.45) is 0 Å². The monoisotopic (exact) mass is 399 g/mol. The summed E-state index contributed by atoms with van der Waals surface area (Å²) >= 11 is 0. The zero-order valence-corrected chi connectivity index (χ0v) is 17.0. The highest BCUT2D eigenvalue weighted by Gasteiger charge is 2.17. The normalized spacial score (nSPS) is 10.9. The number of fused-ring (bicyclic) bond motifs is 1. The summed E-state index contributed by atoms with van der Waals surface area (Å²) in [6.45, 7) is 5.29. The molecule has 0 atom stereocenters. The second-order valence-corrected chi connectivity index (χ2v) is 7.13. The van der Waals surface area contributed by atoms with Gasteiger partial charge in [-0.3, -0.25) is 9.59 Å². The molecule has 0 saturated heterocycles. The maximum Gasteiger partial charge on any atom is 0.253 e. The molecule has 0 aliphatic heterocycles. The zero-order chi connectivity index (χ0) is 21.3. The third kappa shape index (κ3) is 3.82. The van der Waals surface area contributed by atoms with Gasteiger partial charge in [-0.05, 0) is 45.0 Å². The van der Waals surface area contributed by atoms with Gasteiger partial charge >= 0.3 is 0 Å². The number of carbonyl (C=O) groups is 2. The molecule has 2 aromatic carbocycles. The minimum Gasteiger partial charge on any atom is -0.326 e. The number of aromatic nitrogens is 4. The molecule has 2 heterocycles. The Morgan fingerprint density at radius 1 is 0.967 bits per heavy atom. The molecule has 2 aromatic heterocycles. The van der Waals surface area contributed by atoms with Gasteiger partial charge in [-0.2, -0.15) is 4.98 Å². The number of amides is 1. The molecule has 0 fully saturated rings. The lowest BCUT2D eigenvalue weighted by molar-refractivity contribution is -0.115. The molecule has 0 bridgehead atoms. The van der Waals surface area contributed by atoms with Crippen molar-refractivity contribution in [2.45, 2.75) is 27.2 Å². The number of hydrogen-bond donors (Lipinski definition) is 1. The van der Waals surface area contributed by atoms with E-state index in [1.54, 1.807) is 28.8 Å². The highest BCUT2D eigenvalue weighted by atomic mass is 16.1. The Kier molecular flexibility index (Phi) is 5.10. The van der Waals surface area contributed by atoms with Crippen molar-refractivity contribution < 1.29 is 9.59 Å². The molecule has 30 heavy (non-hydrogen) atoms. The Morgan fingerprint density at radius 2 is 1.67 bits per heavy atom. The van der Waals surface area contributed by atoms with Gasteiger partial charge in [-0.25, -0.2) is 9.50 Å². The molecule has 7 heteroatoms. The molecule has 4 aromatic rings. The number of ketones is 1. The first-order chi connectivity index (χ1) is 14.4. The lowest BCUT2D eigenvalue weighted by Crippen LogP contribution is -2.17. The molecule has 150 valence electrons. The predicted octanol–water partition coefficient (Wildman–Crippen LogP) is 3.79. The lowest BCUT2D eigenvalue weighted by atomic mass is 10.1. The Labute approximate surface area is 173 Å². The van der Waals surface area contributed by atoms with E-state index in [0.717, 1.165) is 22.5 Å². The average molecular weight is 399 g/mol. The Hall–Kier alpha value is -3.87. The first-order valence-corrected chi connectivity index (χ1v) is 9.61. The van der Waals surface area contributed by atoms with Gasteiger partial charge in [-0.1, -0.05) is 30.3 Å². The average Bonchev–Trinajstić information content (AvgIpc) is 3.16. The molecule has 0 radical (unpaired) electrons. The molecule has 4 rings (SSSR count). The van der Waals surface area contributed by atoms with Crippen LogP contribution in [0.15, 0.2) is 54.6 Å². The highest BCUT2D eigenvalue weighted by molar-refractivity contribution is 5.96. The quantitative estimate of drug-likeness (QED) is 0.516. The molecule has 7 nitrogen and oxygen atoms in total. The summed E-state index contributed by atoms with van der Waals surface area (Å²) in [7, 11) is 0. The van der Waals surface area contributed by atoms with Crippen molar-refractivity contribution in [3.63, 3.8) is 0 Å². The van der Waals surface area contributed by atoms with E-state index in [4.69, 9.17) is 0 Å². The second-order valence-electron chi connectivity index (χ2n) is 7.13. The van der Waals surface area contributed by atoms with Crippen LogP contribution in [-0.2, 0) is 11.2 Å². The van der Waals surface area contributed by atoms with Crippen molar-refractivity contribution in [2.75, 3.05) is 5.32 Å². The van der Waals surface area contributed by atoms with Crippen LogP contribution in [0.2, 0.25) is 0 Å². The summed E-state index contributed by atoms with van der Waals surface area (Å²) in [6.07, 6.45) is 0.162. The summed E-state index contributed by atoms with van der Waals surface area (Å²) in [5.74, 6) is 0.924. The first kappa shape index (κ1) is 19.4. The topological polar surface area (TPSA) is 89.2 Å². The minimum atomic E-state index is -0.165. The smallest absolute Gasteiger partial charge is 0.253 e. The van der Waals surface area contributed by atoms with E-state index in [1.807, 2.05) is 44.2 Å². The Bertz CT molecular complexity index is 1240. The van der Waals surface area contributed by atoms with Crippen molar-refractivity contribution in [1.29, 1.82) is 0 Å². The lowest BCUT2D eigenvalue weighted by Gasteiger charge is -2.11. The van der Waals surface area contributed by atoms with E-state index >= 15 is 0 Å². The number of carbonyl (C=O) groups excluding carboxylic acids is 2. The van der Waals surface area contributed by atoms with E-state index < -0.39 is 0 Å². The van der Waals surface area contributed by atoms with Crippen LogP contribution in [-0.4, -0.2) is 31.3 Å². The first-order valence-electron chi connectivity index (χ1n) is 9.61. The number of Topliss-reactive ketones (excluding diaryl/α,β-unsaturated/α-hetero) is 1. The summed E-state index contributed by atoms with van der Waals surface area (Å²) in [6, 6.07) is 16.5. The van der Waals surface area contributed by atoms with Crippen LogP contribution in [0.25, 0.3) is 17.2 Å². The third-order valence-corrected chi connectivity index (χ3v) is 4.99. The summed E-state index contributed by atoms with van der Waals surface area (Å²) in [4.78, 5) is 33.1. The van der Waals surface area contributed by atoms with Crippen LogP contribution in [0.4, 0.5) is 5.69 Å². The standard InChI is InChI=1S/C23H21N5O2/c1-14-20(13-21(30)25-19-11-9-17(10-12-19)16(3)29)15(2)28-23(24-14)26-22(27-28)18-7-5-4-6-8-18/h4-12H,13H2,1-3H3,(H,25,30). The van der Waals surface area contributed by atoms with Gasteiger partial charge in [-0.15, -0.1) is 5.10 Å². The van der Waals surface area contributed by atoms with E-state index in [1.165, 1.54) is 6.92 Å². The predicted molar refractivity (Wildman–Crippen MR) is 114 cm³/mol. The molecule has 0 aliphatic carbocycles. The van der Waals surface area contributed by atoms with Crippen LogP contribution >= 0.6 is 0 Å². The van der Waals surface area contributed by atoms with Gasteiger partial charge in [0.15, 0.2) is 11.6 Å². The summed E-state index contributed by atoms with van der Waals surface area (Å²) in [5.41, 5.74) is 4.54. The van der Waals surface area contributed by atoms with Crippen LogP contribution in [0.1, 0.15) is 34.2 Å². The van der Waals surface area contributed by atoms with Gasteiger partial charge in [0, 0.05) is 33.8 Å². The molecule has 0 saturated carbocycles. The van der Waals surface area contributed by atoms with Gasteiger partial charge < -0.3 is 5.32 Å². The van der Waals surface area contributed by atoms with Gasteiger partial charge in [0.25, 0.3) is 5.78 Å². The van der Waals surface area contributed by atoms with Crippen LogP contribution in [0, 0.1) is 13.8 Å². The van der Waals surface area contributed by atoms with Gasteiger partial charge in [0.2, 0.25) is 5.91 Å². The number of anilines is 1. The molecular weight excluding hydrogens is 378 g/mol. The Balaban J connectivity index is 1.59. The van der Waals surface area contributed by atoms with Crippen molar-refractivity contribution in [3.05, 3.63) is 77.1 Å². The van der Waals surface area contributed by atoms with E-state index in [-0.39, 0.29) is 18.1 Å². The van der Waals surface area contributed by atoms with Crippen molar-refractivity contribution in [1.82, 2.24) is 19.6 Å². The summed E-state index contributed by atoms with van der Waals surface area (Å²) in [5, 5.41) is 7.45.